The maximum absolute atomic E-state index is 14.8. The van der Waals surface area contributed by atoms with E-state index in [9.17, 15) is 13.2 Å². The van der Waals surface area contributed by atoms with Crippen molar-refractivity contribution in [3.8, 4) is 0 Å². The standard InChI is InChI=1S/C19H18F3N5O/c1-10-3-4-14(24-7-10)16-25-8-11-5-13(20)12(6-15(11)26-16)18(2)19(21,22)9-28-17(23)27-18/h3-7H,8-9H2,1-2H3,(H2,23,27)(H,25,26)/t18-/m1/s1. The van der Waals surface area contributed by atoms with E-state index in [-0.39, 0.29) is 12.1 Å². The van der Waals surface area contributed by atoms with Crippen molar-refractivity contribution in [2.24, 2.45) is 15.7 Å². The Hall–Kier alpha value is -3.10. The molecule has 2 aliphatic rings. The van der Waals surface area contributed by atoms with Gasteiger partial charge in [-0.15, -0.1) is 0 Å². The van der Waals surface area contributed by atoms with E-state index in [0.717, 1.165) is 12.5 Å². The first-order valence-corrected chi connectivity index (χ1v) is 8.63. The van der Waals surface area contributed by atoms with Crippen LogP contribution in [-0.4, -0.2) is 29.4 Å². The zero-order valence-electron chi connectivity index (χ0n) is 15.3. The minimum Gasteiger partial charge on any atom is -0.459 e. The number of hydrogen-bond acceptors (Lipinski definition) is 6. The number of fused-ring (bicyclic) bond motifs is 1. The summed E-state index contributed by atoms with van der Waals surface area (Å²) in [5, 5.41) is 3.06. The van der Waals surface area contributed by atoms with E-state index >= 15 is 0 Å². The maximum Gasteiger partial charge on any atom is 0.310 e. The first-order chi connectivity index (χ1) is 13.2. The summed E-state index contributed by atoms with van der Waals surface area (Å²) < 4.78 is 48.6. The molecule has 0 saturated heterocycles. The zero-order chi connectivity index (χ0) is 20.1. The van der Waals surface area contributed by atoms with Crippen LogP contribution in [0.3, 0.4) is 0 Å². The minimum absolute atomic E-state index is 0.200. The van der Waals surface area contributed by atoms with Gasteiger partial charge in [-0.05, 0) is 37.6 Å². The molecule has 1 atom stereocenters. The Labute approximate surface area is 159 Å². The van der Waals surface area contributed by atoms with Gasteiger partial charge < -0.3 is 15.8 Å². The van der Waals surface area contributed by atoms with Gasteiger partial charge in [0.1, 0.15) is 11.5 Å². The van der Waals surface area contributed by atoms with Gasteiger partial charge in [-0.2, -0.15) is 8.78 Å². The molecular formula is C19H18F3N5O. The fourth-order valence-electron chi connectivity index (χ4n) is 3.22. The molecular weight excluding hydrogens is 371 g/mol. The minimum atomic E-state index is -3.44. The van der Waals surface area contributed by atoms with Crippen molar-refractivity contribution in [2.75, 3.05) is 11.9 Å². The molecule has 28 heavy (non-hydrogen) atoms. The predicted octanol–water partition coefficient (Wildman–Crippen LogP) is 3.10. The number of anilines is 1. The molecule has 0 aliphatic carbocycles. The lowest BCUT2D eigenvalue weighted by atomic mass is 9.84. The molecule has 4 rings (SSSR count). The molecule has 1 aromatic heterocycles. The second-order valence-corrected chi connectivity index (χ2v) is 7.02. The van der Waals surface area contributed by atoms with Gasteiger partial charge in [0, 0.05) is 23.0 Å². The van der Waals surface area contributed by atoms with Crippen LogP contribution in [0.15, 0.2) is 40.4 Å². The highest BCUT2D eigenvalue weighted by Crippen LogP contribution is 2.45. The molecule has 0 amide bonds. The predicted molar refractivity (Wildman–Crippen MR) is 99.1 cm³/mol. The number of nitrogens with two attached hydrogens (primary N) is 1. The summed E-state index contributed by atoms with van der Waals surface area (Å²) >= 11 is 0. The first-order valence-electron chi connectivity index (χ1n) is 8.63. The Kier molecular flexibility index (Phi) is 4.06. The average molecular weight is 389 g/mol. The van der Waals surface area contributed by atoms with Gasteiger partial charge in [-0.1, -0.05) is 6.07 Å². The molecule has 0 fully saturated rings. The fourth-order valence-corrected chi connectivity index (χ4v) is 3.22. The van der Waals surface area contributed by atoms with Gasteiger partial charge >= 0.3 is 5.92 Å². The summed E-state index contributed by atoms with van der Waals surface area (Å²) in [6.45, 7) is 2.29. The second kappa shape index (κ2) is 6.22. The van der Waals surface area contributed by atoms with Crippen molar-refractivity contribution in [3.63, 3.8) is 0 Å². The van der Waals surface area contributed by atoms with Crippen LogP contribution < -0.4 is 11.1 Å². The summed E-state index contributed by atoms with van der Waals surface area (Å²) in [5.41, 5.74) is 5.66. The van der Waals surface area contributed by atoms with Crippen molar-refractivity contribution in [2.45, 2.75) is 31.9 Å². The Morgan fingerprint density at radius 1 is 1.25 bits per heavy atom. The van der Waals surface area contributed by atoms with E-state index in [1.165, 1.54) is 12.1 Å². The van der Waals surface area contributed by atoms with Crippen molar-refractivity contribution in [3.05, 3.63) is 58.7 Å². The molecule has 3 heterocycles. The lowest BCUT2D eigenvalue weighted by molar-refractivity contribution is -0.117. The van der Waals surface area contributed by atoms with E-state index < -0.39 is 29.9 Å². The highest BCUT2D eigenvalue weighted by molar-refractivity contribution is 6.08. The van der Waals surface area contributed by atoms with E-state index in [1.807, 2.05) is 13.0 Å². The van der Waals surface area contributed by atoms with Crippen molar-refractivity contribution in [1.29, 1.82) is 0 Å². The number of rotatable bonds is 2. The largest absolute Gasteiger partial charge is 0.459 e. The number of hydrogen-bond donors (Lipinski definition) is 2. The van der Waals surface area contributed by atoms with Crippen LogP contribution in [-0.2, 0) is 16.8 Å². The molecule has 6 nitrogen and oxygen atoms in total. The molecule has 2 aliphatic heterocycles. The molecule has 0 radical (unpaired) electrons. The van der Waals surface area contributed by atoms with Crippen LogP contribution in [0, 0.1) is 12.7 Å². The molecule has 0 bridgehead atoms. The summed E-state index contributed by atoms with van der Waals surface area (Å²) in [7, 11) is 0. The Morgan fingerprint density at radius 2 is 2.04 bits per heavy atom. The highest BCUT2D eigenvalue weighted by atomic mass is 19.3. The number of halogens is 3. The molecule has 3 N–H and O–H groups in total. The second-order valence-electron chi connectivity index (χ2n) is 7.02. The number of ether oxygens (including phenoxy) is 1. The molecule has 146 valence electrons. The molecule has 1 aromatic carbocycles. The molecule has 0 spiro atoms. The number of benzene rings is 1. The number of aliphatic imine (C=N–C) groups is 2. The van der Waals surface area contributed by atoms with Gasteiger partial charge in [0.25, 0.3) is 6.02 Å². The number of pyridine rings is 1. The first kappa shape index (κ1) is 18.3. The van der Waals surface area contributed by atoms with Gasteiger partial charge in [-0.3, -0.25) is 9.98 Å². The number of aromatic nitrogens is 1. The molecule has 2 aromatic rings. The van der Waals surface area contributed by atoms with E-state index in [4.69, 9.17) is 5.73 Å². The Bertz CT molecular complexity index is 1000. The van der Waals surface area contributed by atoms with E-state index in [1.54, 1.807) is 12.3 Å². The van der Waals surface area contributed by atoms with Gasteiger partial charge in [-0.25, -0.2) is 9.38 Å². The van der Waals surface area contributed by atoms with Gasteiger partial charge in [0.15, 0.2) is 18.0 Å². The monoisotopic (exact) mass is 389 g/mol. The third-order valence-electron chi connectivity index (χ3n) is 4.98. The average Bonchev–Trinajstić information content (AvgIpc) is 2.65. The number of aryl methyl sites for hydroxylation is 1. The summed E-state index contributed by atoms with van der Waals surface area (Å²) in [6.07, 6.45) is 1.70. The van der Waals surface area contributed by atoms with Gasteiger partial charge in [0.05, 0.1) is 6.54 Å². The summed E-state index contributed by atoms with van der Waals surface area (Å²) in [4.78, 5) is 12.4. The fraction of sp³-hybridized carbons (Fsp3) is 0.316. The normalized spacial score (nSPS) is 23.0. The number of alkyl halides is 2. The van der Waals surface area contributed by atoms with Crippen molar-refractivity contribution >= 4 is 17.5 Å². The topological polar surface area (TPSA) is 84.9 Å². The highest BCUT2D eigenvalue weighted by Gasteiger charge is 2.56. The quantitative estimate of drug-likeness (QED) is 0.827. The van der Waals surface area contributed by atoms with E-state index in [0.29, 0.717) is 22.8 Å². The molecule has 0 unspecified atom stereocenters. The van der Waals surface area contributed by atoms with Crippen molar-refractivity contribution in [1.82, 2.24) is 4.98 Å². The Balaban J connectivity index is 1.76. The number of amidine groups is 2. The van der Waals surface area contributed by atoms with Gasteiger partial charge in [0.2, 0.25) is 0 Å². The van der Waals surface area contributed by atoms with Crippen LogP contribution in [0.25, 0.3) is 0 Å². The van der Waals surface area contributed by atoms with Crippen LogP contribution in [0.2, 0.25) is 0 Å². The van der Waals surface area contributed by atoms with E-state index in [2.05, 4.69) is 25.0 Å². The smallest absolute Gasteiger partial charge is 0.310 e. The van der Waals surface area contributed by atoms with Crippen LogP contribution in [0.5, 0.6) is 0 Å². The van der Waals surface area contributed by atoms with Crippen molar-refractivity contribution < 1.29 is 17.9 Å². The maximum atomic E-state index is 14.8. The Morgan fingerprint density at radius 3 is 2.75 bits per heavy atom. The third-order valence-corrected chi connectivity index (χ3v) is 4.98. The summed E-state index contributed by atoms with van der Waals surface area (Å²) in [6, 6.07) is 5.83. The van der Waals surface area contributed by atoms with Crippen LogP contribution in [0.4, 0.5) is 18.9 Å². The third kappa shape index (κ3) is 2.87. The molecule has 9 heteroatoms. The lowest BCUT2D eigenvalue weighted by Crippen LogP contribution is -2.51. The molecule has 0 saturated carbocycles. The van der Waals surface area contributed by atoms with Crippen LogP contribution in [0.1, 0.15) is 29.3 Å². The van der Waals surface area contributed by atoms with Crippen LogP contribution >= 0.6 is 0 Å². The summed E-state index contributed by atoms with van der Waals surface area (Å²) in [5.74, 6) is -3.75. The lowest BCUT2D eigenvalue weighted by Gasteiger charge is -2.38. The number of nitrogens with zero attached hydrogens (tertiary/aromatic N) is 3. The SMILES string of the molecule is Cc1ccc(C2=NCc3cc(F)c([C@@]4(C)N=C(N)OCC4(F)F)cc3N2)nc1. The zero-order valence-corrected chi connectivity index (χ0v) is 15.3. The number of nitrogens with one attached hydrogen (secondary N) is 1.